The molecule has 0 aliphatic carbocycles. The molecule has 0 atom stereocenters. The number of aromatic nitrogens is 1. The summed E-state index contributed by atoms with van der Waals surface area (Å²) in [6.07, 6.45) is 0. The molecular weight excluding hydrogens is 177 g/mol. The molecule has 14 heavy (non-hydrogen) atoms. The minimum Gasteiger partial charge on any atom is -0.423 e. The van der Waals surface area contributed by atoms with Crippen molar-refractivity contribution in [2.24, 2.45) is 0 Å². The van der Waals surface area contributed by atoms with Crippen LogP contribution in [0.3, 0.4) is 0 Å². The minimum atomic E-state index is -1.43. The molecule has 1 heterocycles. The second kappa shape index (κ2) is 3.40. The molecule has 2 aromatic rings. The van der Waals surface area contributed by atoms with E-state index in [0.717, 1.165) is 16.6 Å². The highest BCUT2D eigenvalue weighted by Crippen LogP contribution is 2.10. The summed E-state index contributed by atoms with van der Waals surface area (Å²) in [4.78, 5) is 4.30. The van der Waals surface area contributed by atoms with Crippen LogP contribution < -0.4 is 5.46 Å². The van der Waals surface area contributed by atoms with E-state index in [2.05, 4.69) is 4.98 Å². The van der Waals surface area contributed by atoms with Gasteiger partial charge in [0.2, 0.25) is 0 Å². The normalized spacial score (nSPS) is 10.5. The lowest BCUT2D eigenvalue weighted by Gasteiger charge is -2.02. The van der Waals surface area contributed by atoms with Crippen molar-refractivity contribution in [3.63, 3.8) is 0 Å². The van der Waals surface area contributed by atoms with Crippen molar-refractivity contribution in [1.82, 2.24) is 4.98 Å². The highest BCUT2D eigenvalue weighted by atomic mass is 16.4. The van der Waals surface area contributed by atoms with Gasteiger partial charge in [0, 0.05) is 11.1 Å². The Morgan fingerprint density at radius 1 is 1.14 bits per heavy atom. The maximum absolute atomic E-state index is 8.98. The van der Waals surface area contributed by atoms with Crippen LogP contribution in [0.5, 0.6) is 0 Å². The number of fused-ring (bicyclic) bond motifs is 1. The first-order valence-electron chi connectivity index (χ1n) is 4.40. The number of pyridine rings is 1. The topological polar surface area (TPSA) is 53.4 Å². The highest BCUT2D eigenvalue weighted by Gasteiger charge is 2.10. The fourth-order valence-electron chi connectivity index (χ4n) is 1.40. The summed E-state index contributed by atoms with van der Waals surface area (Å²) >= 11 is 0. The summed E-state index contributed by atoms with van der Waals surface area (Å²) in [6.45, 7) is 1.90. The zero-order valence-corrected chi connectivity index (χ0v) is 7.81. The van der Waals surface area contributed by atoms with Gasteiger partial charge in [0.15, 0.2) is 0 Å². The number of hydrogen-bond donors (Lipinski definition) is 2. The van der Waals surface area contributed by atoms with Crippen LogP contribution in [0.25, 0.3) is 10.9 Å². The number of aryl methyl sites for hydroxylation is 1. The Morgan fingerprint density at radius 3 is 2.57 bits per heavy atom. The second-order valence-corrected chi connectivity index (χ2v) is 3.28. The second-order valence-electron chi connectivity index (χ2n) is 3.28. The molecule has 0 unspecified atom stereocenters. The molecule has 0 saturated carbocycles. The molecule has 3 nitrogen and oxygen atoms in total. The molecular formula is C10H10BNO2. The molecule has 0 amide bonds. The number of benzene rings is 1. The quantitative estimate of drug-likeness (QED) is 0.628. The van der Waals surface area contributed by atoms with Gasteiger partial charge in [0.25, 0.3) is 0 Å². The highest BCUT2D eigenvalue weighted by molar-refractivity contribution is 6.58. The van der Waals surface area contributed by atoms with Gasteiger partial charge < -0.3 is 10.0 Å². The Morgan fingerprint density at radius 2 is 1.86 bits per heavy atom. The zero-order valence-electron chi connectivity index (χ0n) is 7.81. The van der Waals surface area contributed by atoms with Gasteiger partial charge in [-0.1, -0.05) is 18.2 Å². The van der Waals surface area contributed by atoms with E-state index in [9.17, 15) is 0 Å². The van der Waals surface area contributed by atoms with Gasteiger partial charge in [-0.05, 0) is 24.5 Å². The Labute approximate surface area is 82.2 Å². The van der Waals surface area contributed by atoms with Gasteiger partial charge in [0.1, 0.15) is 0 Å². The molecule has 1 aromatic heterocycles. The SMILES string of the molecule is Cc1ccc2ccc(B(O)O)cc2n1. The van der Waals surface area contributed by atoms with E-state index in [-0.39, 0.29) is 0 Å². The van der Waals surface area contributed by atoms with Crippen molar-refractivity contribution in [1.29, 1.82) is 0 Å². The lowest BCUT2D eigenvalue weighted by Crippen LogP contribution is -2.29. The van der Waals surface area contributed by atoms with E-state index < -0.39 is 7.12 Å². The lowest BCUT2D eigenvalue weighted by molar-refractivity contribution is 0.426. The third-order valence-corrected chi connectivity index (χ3v) is 2.15. The Kier molecular flexibility index (Phi) is 2.23. The summed E-state index contributed by atoms with van der Waals surface area (Å²) in [5.41, 5.74) is 2.17. The summed E-state index contributed by atoms with van der Waals surface area (Å²) in [6, 6.07) is 9.09. The first kappa shape index (κ1) is 9.18. The van der Waals surface area contributed by atoms with Crippen molar-refractivity contribution in [3.8, 4) is 0 Å². The number of rotatable bonds is 1. The number of hydrogen-bond acceptors (Lipinski definition) is 3. The number of nitrogens with zero attached hydrogens (tertiary/aromatic N) is 1. The molecule has 0 spiro atoms. The van der Waals surface area contributed by atoms with Gasteiger partial charge in [-0.3, -0.25) is 4.98 Å². The third-order valence-electron chi connectivity index (χ3n) is 2.15. The van der Waals surface area contributed by atoms with Gasteiger partial charge in [-0.15, -0.1) is 0 Å². The molecule has 70 valence electrons. The molecule has 0 bridgehead atoms. The largest absolute Gasteiger partial charge is 0.488 e. The predicted octanol–water partition coefficient (Wildman–Crippen LogP) is 0.223. The standard InChI is InChI=1S/C10H10BNO2/c1-7-2-3-8-4-5-9(11(13)14)6-10(8)12-7/h2-6,13-14H,1H3. The van der Waals surface area contributed by atoms with E-state index in [0.29, 0.717) is 5.46 Å². The van der Waals surface area contributed by atoms with Crippen molar-refractivity contribution in [2.45, 2.75) is 6.92 Å². The Bertz CT molecular complexity index is 471. The van der Waals surface area contributed by atoms with Crippen molar-refractivity contribution in [3.05, 3.63) is 36.0 Å². The van der Waals surface area contributed by atoms with Crippen LogP contribution >= 0.6 is 0 Å². The van der Waals surface area contributed by atoms with Gasteiger partial charge in [-0.25, -0.2) is 0 Å². The molecule has 1 aromatic carbocycles. The lowest BCUT2D eigenvalue weighted by atomic mass is 9.80. The van der Waals surface area contributed by atoms with Gasteiger partial charge >= 0.3 is 7.12 Å². The summed E-state index contributed by atoms with van der Waals surface area (Å²) < 4.78 is 0. The molecule has 0 aliphatic heterocycles. The first-order valence-corrected chi connectivity index (χ1v) is 4.40. The fourth-order valence-corrected chi connectivity index (χ4v) is 1.40. The van der Waals surface area contributed by atoms with Crippen molar-refractivity contribution in [2.75, 3.05) is 0 Å². The molecule has 2 N–H and O–H groups in total. The van der Waals surface area contributed by atoms with Crippen LogP contribution in [0.15, 0.2) is 30.3 Å². The molecule has 0 saturated heterocycles. The average Bonchev–Trinajstić information content (AvgIpc) is 2.16. The maximum atomic E-state index is 8.98. The van der Waals surface area contributed by atoms with E-state index >= 15 is 0 Å². The van der Waals surface area contributed by atoms with Crippen LogP contribution in [0.2, 0.25) is 0 Å². The predicted molar refractivity (Wildman–Crippen MR) is 56.3 cm³/mol. The van der Waals surface area contributed by atoms with E-state index in [1.54, 1.807) is 12.1 Å². The third kappa shape index (κ3) is 1.62. The fraction of sp³-hybridized carbons (Fsp3) is 0.100. The van der Waals surface area contributed by atoms with Crippen LogP contribution in [0.1, 0.15) is 5.69 Å². The summed E-state index contributed by atoms with van der Waals surface area (Å²) in [5.74, 6) is 0. The van der Waals surface area contributed by atoms with E-state index in [1.165, 1.54) is 0 Å². The summed E-state index contributed by atoms with van der Waals surface area (Å²) in [7, 11) is -1.43. The smallest absolute Gasteiger partial charge is 0.423 e. The van der Waals surface area contributed by atoms with E-state index in [1.807, 2.05) is 25.1 Å². The zero-order chi connectivity index (χ0) is 10.1. The van der Waals surface area contributed by atoms with Crippen LogP contribution in [0.4, 0.5) is 0 Å². The Balaban J connectivity index is 2.63. The molecule has 2 rings (SSSR count). The average molecular weight is 187 g/mol. The van der Waals surface area contributed by atoms with Crippen LogP contribution in [-0.2, 0) is 0 Å². The van der Waals surface area contributed by atoms with Crippen molar-refractivity contribution < 1.29 is 10.0 Å². The first-order chi connectivity index (χ1) is 6.66. The monoisotopic (exact) mass is 187 g/mol. The molecule has 4 heteroatoms. The van der Waals surface area contributed by atoms with Crippen molar-refractivity contribution >= 4 is 23.5 Å². The molecule has 0 radical (unpaired) electrons. The Hall–Kier alpha value is -1.39. The molecule has 0 fully saturated rings. The van der Waals surface area contributed by atoms with Crippen LogP contribution in [-0.4, -0.2) is 22.2 Å². The molecule has 0 aliphatic rings. The van der Waals surface area contributed by atoms with E-state index in [4.69, 9.17) is 10.0 Å². The minimum absolute atomic E-state index is 0.468. The summed E-state index contributed by atoms with van der Waals surface area (Å²) in [5, 5.41) is 19.0. The maximum Gasteiger partial charge on any atom is 0.488 e. The van der Waals surface area contributed by atoms with Crippen LogP contribution in [0, 0.1) is 6.92 Å². The van der Waals surface area contributed by atoms with Gasteiger partial charge in [-0.2, -0.15) is 0 Å². The van der Waals surface area contributed by atoms with Gasteiger partial charge in [0.05, 0.1) is 5.52 Å².